The van der Waals surface area contributed by atoms with Gasteiger partial charge in [0.1, 0.15) is 0 Å². The minimum atomic E-state index is -1.05. The molecule has 3 heterocycles. The van der Waals surface area contributed by atoms with Crippen molar-refractivity contribution in [3.63, 3.8) is 0 Å². The number of nitrogens with one attached hydrogen (secondary N) is 3. The molecule has 9 heteroatoms. The van der Waals surface area contributed by atoms with Crippen molar-refractivity contribution in [2.45, 2.75) is 82.1 Å². The number of aliphatic hydroxyl groups is 1. The molecule has 0 radical (unpaired) electrons. The van der Waals surface area contributed by atoms with Crippen molar-refractivity contribution in [2.75, 3.05) is 0 Å². The van der Waals surface area contributed by atoms with Crippen molar-refractivity contribution in [1.29, 1.82) is 0 Å². The second-order valence-electron chi connectivity index (χ2n) is 10.3. The molecule has 3 fully saturated rings. The molecule has 1 aliphatic heterocycles. The van der Waals surface area contributed by atoms with E-state index < -0.39 is 5.60 Å². The fourth-order valence-electron chi connectivity index (χ4n) is 6.10. The maximum absolute atomic E-state index is 13.3. The van der Waals surface area contributed by atoms with Crippen LogP contribution in [0.1, 0.15) is 62.2 Å². The van der Waals surface area contributed by atoms with Crippen molar-refractivity contribution in [3.05, 3.63) is 58.3 Å². The van der Waals surface area contributed by atoms with Crippen LogP contribution in [0.5, 0.6) is 0 Å². The zero-order valence-electron chi connectivity index (χ0n) is 19.6. The summed E-state index contributed by atoms with van der Waals surface area (Å²) in [6, 6.07) is 7.63. The largest absolute Gasteiger partial charge is 0.388 e. The van der Waals surface area contributed by atoms with Crippen LogP contribution in [0.4, 0.5) is 0 Å². The molecule has 1 saturated heterocycles. The summed E-state index contributed by atoms with van der Waals surface area (Å²) >= 11 is 0. The Morgan fingerprint density at radius 3 is 2.97 bits per heavy atom. The quantitative estimate of drug-likeness (QED) is 0.525. The van der Waals surface area contributed by atoms with Crippen LogP contribution in [0.15, 0.2) is 41.5 Å². The van der Waals surface area contributed by atoms with Gasteiger partial charge in [0.25, 0.3) is 5.56 Å². The molecule has 2 aliphatic carbocycles. The Labute approximate surface area is 199 Å². The minimum absolute atomic E-state index is 0.0400. The average molecular weight is 467 g/mol. The van der Waals surface area contributed by atoms with Gasteiger partial charge in [-0.15, -0.1) is 0 Å². The number of nitrogens with zero attached hydrogens (tertiary/aromatic N) is 3. The van der Waals surface area contributed by atoms with E-state index in [9.17, 15) is 14.7 Å². The number of rotatable bonds is 5. The third kappa shape index (κ3) is 4.92. The molecule has 182 valence electrons. The standard InChI is InChI=1S/C25H34N6O3/c1-16-12-17(8-11-26-16)23-20-13-18(6-7-21(20)29-30-23)24(33)28-19-4-2-9-25(34,14-19)15-31-22(32)5-3-10-27-31/h3,5,8,10-12,18-21,23,29-30,34H,2,4,6-7,9,13-15H2,1H3,(H,28,33)/t18?,19-,20?,21?,23?,25+/m1/s1. The van der Waals surface area contributed by atoms with Crippen LogP contribution < -0.4 is 21.7 Å². The summed E-state index contributed by atoms with van der Waals surface area (Å²) in [5.74, 6) is 0.381. The third-order valence-electron chi connectivity index (χ3n) is 7.80. The first-order valence-electron chi connectivity index (χ1n) is 12.4. The fraction of sp³-hybridized carbons (Fsp3) is 0.600. The Kier molecular flexibility index (Phi) is 6.50. The van der Waals surface area contributed by atoms with Crippen LogP contribution in [0, 0.1) is 18.8 Å². The topological polar surface area (TPSA) is 121 Å². The van der Waals surface area contributed by atoms with Crippen molar-refractivity contribution < 1.29 is 9.90 Å². The highest BCUT2D eigenvalue weighted by atomic mass is 16.3. The van der Waals surface area contributed by atoms with Gasteiger partial charge in [0, 0.05) is 42.2 Å². The van der Waals surface area contributed by atoms with Gasteiger partial charge < -0.3 is 10.4 Å². The molecule has 5 rings (SSSR count). The molecule has 9 nitrogen and oxygen atoms in total. The zero-order valence-corrected chi connectivity index (χ0v) is 19.6. The number of pyridine rings is 1. The van der Waals surface area contributed by atoms with Gasteiger partial charge in [-0.3, -0.25) is 20.0 Å². The Hall–Kier alpha value is -2.62. The van der Waals surface area contributed by atoms with Gasteiger partial charge >= 0.3 is 0 Å². The maximum Gasteiger partial charge on any atom is 0.266 e. The Balaban J connectivity index is 1.21. The number of aryl methyl sites for hydroxylation is 1. The van der Waals surface area contributed by atoms with Gasteiger partial charge in [-0.2, -0.15) is 5.10 Å². The highest BCUT2D eigenvalue weighted by Gasteiger charge is 2.43. The van der Waals surface area contributed by atoms with Gasteiger partial charge in [0.15, 0.2) is 0 Å². The van der Waals surface area contributed by atoms with E-state index in [1.54, 1.807) is 12.3 Å². The SMILES string of the molecule is Cc1cc(C2NNC3CCC(C(=O)N[C@@H]4CCC[C@@](O)(Cn5ncccc5=O)C4)CC32)ccn1. The molecular weight excluding hydrogens is 432 g/mol. The zero-order chi connectivity index (χ0) is 23.7. The molecule has 3 aliphatic rings. The molecule has 34 heavy (non-hydrogen) atoms. The molecule has 0 bridgehead atoms. The summed E-state index contributed by atoms with van der Waals surface area (Å²) in [4.78, 5) is 29.6. The van der Waals surface area contributed by atoms with Gasteiger partial charge in [-0.05, 0) is 81.5 Å². The summed E-state index contributed by atoms with van der Waals surface area (Å²) < 4.78 is 1.31. The monoisotopic (exact) mass is 466 g/mol. The van der Waals surface area contributed by atoms with E-state index in [2.05, 4.69) is 32.3 Å². The average Bonchev–Trinajstić information content (AvgIpc) is 3.24. The molecule has 2 aromatic rings. The van der Waals surface area contributed by atoms with Crippen LogP contribution in [0.3, 0.4) is 0 Å². The minimum Gasteiger partial charge on any atom is -0.388 e. The van der Waals surface area contributed by atoms with Crippen LogP contribution in [-0.4, -0.2) is 43.5 Å². The highest BCUT2D eigenvalue weighted by Crippen LogP contribution is 2.40. The third-order valence-corrected chi connectivity index (χ3v) is 7.80. The Morgan fingerprint density at radius 1 is 1.26 bits per heavy atom. The maximum atomic E-state index is 13.3. The first kappa shape index (κ1) is 23.1. The number of aromatic nitrogens is 3. The smallest absolute Gasteiger partial charge is 0.266 e. The highest BCUT2D eigenvalue weighted by molar-refractivity contribution is 5.79. The van der Waals surface area contributed by atoms with Crippen molar-refractivity contribution in [1.82, 2.24) is 30.9 Å². The summed E-state index contributed by atoms with van der Waals surface area (Å²) in [5, 5.41) is 18.5. The van der Waals surface area contributed by atoms with Crippen LogP contribution >= 0.6 is 0 Å². The predicted molar refractivity (Wildman–Crippen MR) is 126 cm³/mol. The molecular formula is C25H34N6O3. The van der Waals surface area contributed by atoms with E-state index in [1.807, 2.05) is 19.2 Å². The first-order valence-corrected chi connectivity index (χ1v) is 12.4. The fourth-order valence-corrected chi connectivity index (χ4v) is 6.10. The van der Waals surface area contributed by atoms with E-state index >= 15 is 0 Å². The number of hydrogen-bond acceptors (Lipinski definition) is 7. The number of hydrazine groups is 1. The number of fused-ring (bicyclic) bond motifs is 1. The lowest BCUT2D eigenvalue weighted by Crippen LogP contribution is -2.50. The molecule has 2 saturated carbocycles. The molecule has 0 aromatic carbocycles. The van der Waals surface area contributed by atoms with Crippen LogP contribution in [0.2, 0.25) is 0 Å². The van der Waals surface area contributed by atoms with Crippen LogP contribution in [-0.2, 0) is 11.3 Å². The molecule has 4 N–H and O–H groups in total. The van der Waals surface area contributed by atoms with Crippen molar-refractivity contribution in [3.8, 4) is 0 Å². The lowest BCUT2D eigenvalue weighted by Gasteiger charge is -2.38. The molecule has 1 amide bonds. The second kappa shape index (κ2) is 9.56. The van der Waals surface area contributed by atoms with Gasteiger partial charge in [-0.1, -0.05) is 0 Å². The summed E-state index contributed by atoms with van der Waals surface area (Å²) in [7, 11) is 0. The number of carbonyl (C=O) groups is 1. The van der Waals surface area contributed by atoms with E-state index in [4.69, 9.17) is 0 Å². The molecule has 4 unspecified atom stereocenters. The normalized spacial score (nSPS) is 33.3. The van der Waals surface area contributed by atoms with E-state index in [0.29, 0.717) is 24.8 Å². The van der Waals surface area contributed by atoms with Gasteiger partial charge in [0.05, 0.1) is 18.2 Å². The van der Waals surface area contributed by atoms with E-state index in [-0.39, 0.29) is 36.0 Å². The molecule has 0 spiro atoms. The number of amides is 1. The van der Waals surface area contributed by atoms with E-state index in [0.717, 1.165) is 37.8 Å². The van der Waals surface area contributed by atoms with Crippen molar-refractivity contribution in [2.24, 2.45) is 11.8 Å². The predicted octanol–water partition coefficient (Wildman–Crippen LogP) is 1.37. The van der Waals surface area contributed by atoms with Gasteiger partial charge in [-0.25, -0.2) is 10.1 Å². The van der Waals surface area contributed by atoms with Crippen LogP contribution in [0.25, 0.3) is 0 Å². The Morgan fingerprint density at radius 2 is 2.15 bits per heavy atom. The summed E-state index contributed by atoms with van der Waals surface area (Å²) in [5.41, 5.74) is 7.81. The van der Waals surface area contributed by atoms with Crippen molar-refractivity contribution >= 4 is 5.91 Å². The first-order chi connectivity index (χ1) is 16.4. The van der Waals surface area contributed by atoms with Gasteiger partial charge in [0.2, 0.25) is 5.91 Å². The molecule has 2 aromatic heterocycles. The lowest BCUT2D eigenvalue weighted by molar-refractivity contribution is -0.128. The number of carbonyl (C=O) groups excluding carboxylic acids is 1. The summed E-state index contributed by atoms with van der Waals surface area (Å²) in [6.07, 6.45) is 8.69. The van der Waals surface area contributed by atoms with E-state index in [1.165, 1.54) is 16.3 Å². The number of hydrogen-bond donors (Lipinski definition) is 4. The second-order valence-corrected chi connectivity index (χ2v) is 10.3. The Bertz CT molecular complexity index is 1090. The lowest BCUT2D eigenvalue weighted by atomic mass is 9.74. The summed E-state index contributed by atoms with van der Waals surface area (Å²) in [6.45, 7) is 2.15. The molecule has 6 atom stereocenters.